The Hall–Kier alpha value is -3.11. The first-order valence-corrected chi connectivity index (χ1v) is 11.5. The zero-order chi connectivity index (χ0) is 22.8. The first-order chi connectivity index (χ1) is 14.7. The summed E-state index contributed by atoms with van der Waals surface area (Å²) >= 11 is 0. The standard InChI is InChI=1S/C21H24N2O7S/c1-28-9-10-30-18-11-13(7-8-17(18)29-2)16(12-31(3,26)27)23-20(24)14-5-4-6-15(22)19(14)21(23)25/h4-8,11,16H,9-10,12,22H2,1-3H3. The lowest BCUT2D eigenvalue weighted by Crippen LogP contribution is -2.37. The molecule has 10 heteroatoms. The summed E-state index contributed by atoms with van der Waals surface area (Å²) < 4.78 is 40.4. The van der Waals surface area contributed by atoms with Gasteiger partial charge in [0.05, 0.1) is 36.6 Å². The van der Waals surface area contributed by atoms with Crippen molar-refractivity contribution < 1.29 is 32.2 Å². The minimum absolute atomic E-state index is 0.0797. The molecule has 0 aromatic heterocycles. The molecule has 0 saturated heterocycles. The van der Waals surface area contributed by atoms with Gasteiger partial charge < -0.3 is 19.9 Å². The third-order valence-electron chi connectivity index (χ3n) is 4.87. The lowest BCUT2D eigenvalue weighted by atomic mass is 10.1. The zero-order valence-electron chi connectivity index (χ0n) is 17.5. The summed E-state index contributed by atoms with van der Waals surface area (Å²) in [6.45, 7) is 0.564. The van der Waals surface area contributed by atoms with E-state index in [1.807, 2.05) is 0 Å². The molecule has 2 aromatic rings. The number of nitrogen functional groups attached to an aromatic ring is 1. The maximum atomic E-state index is 13.1. The van der Waals surface area contributed by atoms with E-state index in [9.17, 15) is 18.0 Å². The van der Waals surface area contributed by atoms with Crippen LogP contribution in [0.25, 0.3) is 0 Å². The monoisotopic (exact) mass is 448 g/mol. The van der Waals surface area contributed by atoms with E-state index in [0.717, 1.165) is 11.2 Å². The average molecular weight is 448 g/mol. The molecule has 166 valence electrons. The van der Waals surface area contributed by atoms with Crippen LogP contribution >= 0.6 is 0 Å². The van der Waals surface area contributed by atoms with Gasteiger partial charge in [0.1, 0.15) is 16.4 Å². The van der Waals surface area contributed by atoms with Gasteiger partial charge in [0, 0.05) is 19.1 Å². The predicted molar refractivity (Wildman–Crippen MR) is 114 cm³/mol. The van der Waals surface area contributed by atoms with Gasteiger partial charge in [-0.1, -0.05) is 12.1 Å². The fourth-order valence-corrected chi connectivity index (χ4v) is 4.38. The third-order valence-corrected chi connectivity index (χ3v) is 5.79. The fraction of sp³-hybridized carbons (Fsp3) is 0.333. The van der Waals surface area contributed by atoms with Crippen molar-refractivity contribution in [2.75, 3.05) is 45.2 Å². The first kappa shape index (κ1) is 22.6. The highest BCUT2D eigenvalue weighted by atomic mass is 32.2. The minimum Gasteiger partial charge on any atom is -0.493 e. The number of carbonyl (C=O) groups is 2. The van der Waals surface area contributed by atoms with Crippen LogP contribution in [0.15, 0.2) is 36.4 Å². The van der Waals surface area contributed by atoms with E-state index in [4.69, 9.17) is 19.9 Å². The van der Waals surface area contributed by atoms with Crippen molar-refractivity contribution in [3.63, 3.8) is 0 Å². The molecule has 0 radical (unpaired) electrons. The molecule has 1 aliphatic rings. The van der Waals surface area contributed by atoms with Crippen LogP contribution in [0.5, 0.6) is 11.5 Å². The van der Waals surface area contributed by atoms with Crippen molar-refractivity contribution in [2.24, 2.45) is 0 Å². The number of ether oxygens (including phenoxy) is 3. The number of sulfone groups is 1. The number of imide groups is 1. The Morgan fingerprint density at radius 3 is 2.39 bits per heavy atom. The number of hydrogen-bond donors (Lipinski definition) is 1. The SMILES string of the molecule is COCCOc1cc(C(CS(C)(=O)=O)N2C(=O)c3cccc(N)c3C2=O)ccc1OC. The van der Waals surface area contributed by atoms with Crippen LogP contribution in [0.3, 0.4) is 0 Å². The van der Waals surface area contributed by atoms with E-state index in [1.54, 1.807) is 24.3 Å². The largest absolute Gasteiger partial charge is 0.493 e. The number of nitrogens with zero attached hydrogens (tertiary/aromatic N) is 1. The smallest absolute Gasteiger partial charge is 0.264 e. The second-order valence-corrected chi connectivity index (χ2v) is 9.29. The highest BCUT2D eigenvalue weighted by molar-refractivity contribution is 7.90. The lowest BCUT2D eigenvalue weighted by molar-refractivity contribution is 0.0597. The molecule has 1 aliphatic heterocycles. The van der Waals surface area contributed by atoms with Crippen LogP contribution in [-0.2, 0) is 14.6 Å². The van der Waals surface area contributed by atoms with Crippen LogP contribution in [-0.4, -0.2) is 64.6 Å². The molecule has 9 nitrogen and oxygen atoms in total. The number of carbonyl (C=O) groups excluding carboxylic acids is 2. The van der Waals surface area contributed by atoms with Gasteiger partial charge in [-0.2, -0.15) is 0 Å². The molecule has 1 unspecified atom stereocenters. The van der Waals surface area contributed by atoms with Gasteiger partial charge in [0.25, 0.3) is 11.8 Å². The molecule has 3 rings (SSSR count). The summed E-state index contributed by atoms with van der Waals surface area (Å²) in [6.07, 6.45) is 1.05. The van der Waals surface area contributed by atoms with Crippen molar-refractivity contribution in [2.45, 2.75) is 6.04 Å². The van der Waals surface area contributed by atoms with Crippen molar-refractivity contribution in [3.05, 3.63) is 53.1 Å². The maximum absolute atomic E-state index is 13.1. The van der Waals surface area contributed by atoms with E-state index >= 15 is 0 Å². The second-order valence-electron chi connectivity index (χ2n) is 7.11. The molecule has 0 saturated carbocycles. The van der Waals surface area contributed by atoms with Gasteiger partial charge in [-0.15, -0.1) is 0 Å². The summed E-state index contributed by atoms with van der Waals surface area (Å²) in [5.41, 5.74) is 6.71. The summed E-state index contributed by atoms with van der Waals surface area (Å²) in [5, 5.41) is 0. The van der Waals surface area contributed by atoms with Gasteiger partial charge in [-0.05, 0) is 29.8 Å². The number of nitrogens with two attached hydrogens (primary N) is 1. The van der Waals surface area contributed by atoms with Crippen molar-refractivity contribution in [1.82, 2.24) is 4.90 Å². The highest BCUT2D eigenvalue weighted by Gasteiger charge is 2.43. The Balaban J connectivity index is 2.07. The number of hydrogen-bond acceptors (Lipinski definition) is 8. The molecule has 2 aromatic carbocycles. The number of methoxy groups -OCH3 is 2. The van der Waals surface area contributed by atoms with E-state index in [0.29, 0.717) is 23.7 Å². The molecule has 0 spiro atoms. The number of fused-ring (bicyclic) bond motifs is 1. The van der Waals surface area contributed by atoms with Gasteiger partial charge >= 0.3 is 0 Å². The maximum Gasteiger partial charge on any atom is 0.264 e. The van der Waals surface area contributed by atoms with Crippen LogP contribution in [0, 0.1) is 0 Å². The summed E-state index contributed by atoms with van der Waals surface area (Å²) in [7, 11) is -0.566. The Morgan fingerprint density at radius 2 is 1.77 bits per heavy atom. The zero-order valence-corrected chi connectivity index (χ0v) is 18.3. The molecular formula is C21H24N2O7S. The second kappa shape index (κ2) is 8.94. The number of rotatable bonds is 9. The Bertz CT molecular complexity index is 1110. The minimum atomic E-state index is -3.57. The van der Waals surface area contributed by atoms with Gasteiger partial charge in [-0.25, -0.2) is 8.42 Å². The Labute approximate surface area is 180 Å². The third kappa shape index (κ3) is 4.64. The van der Waals surface area contributed by atoms with Crippen molar-refractivity contribution in [3.8, 4) is 11.5 Å². The van der Waals surface area contributed by atoms with Crippen molar-refractivity contribution in [1.29, 1.82) is 0 Å². The molecule has 0 fully saturated rings. The average Bonchev–Trinajstić information content (AvgIpc) is 2.97. The summed E-state index contributed by atoms with van der Waals surface area (Å²) in [6, 6.07) is 8.29. The summed E-state index contributed by atoms with van der Waals surface area (Å²) in [5.74, 6) is -0.929. The topological polar surface area (TPSA) is 125 Å². The van der Waals surface area contributed by atoms with E-state index in [-0.39, 0.29) is 23.4 Å². The number of anilines is 1. The Kier molecular flexibility index (Phi) is 6.51. The fourth-order valence-electron chi connectivity index (χ4n) is 3.47. The molecule has 0 aliphatic carbocycles. The first-order valence-electron chi connectivity index (χ1n) is 9.41. The Morgan fingerprint density at radius 1 is 1.03 bits per heavy atom. The van der Waals surface area contributed by atoms with Gasteiger partial charge in [0.15, 0.2) is 11.5 Å². The number of benzene rings is 2. The van der Waals surface area contributed by atoms with E-state index in [2.05, 4.69) is 0 Å². The molecule has 1 heterocycles. The van der Waals surface area contributed by atoms with Gasteiger partial charge in [-0.3, -0.25) is 14.5 Å². The predicted octanol–water partition coefficient (Wildman–Crippen LogP) is 1.68. The van der Waals surface area contributed by atoms with Crippen LogP contribution in [0.2, 0.25) is 0 Å². The number of amides is 2. The molecular weight excluding hydrogens is 424 g/mol. The molecule has 0 bridgehead atoms. The highest BCUT2D eigenvalue weighted by Crippen LogP contribution is 2.37. The van der Waals surface area contributed by atoms with Crippen LogP contribution in [0.1, 0.15) is 32.3 Å². The summed E-state index contributed by atoms with van der Waals surface area (Å²) in [4.78, 5) is 27.1. The van der Waals surface area contributed by atoms with Gasteiger partial charge in [0.2, 0.25) is 0 Å². The molecule has 1 atom stereocenters. The van der Waals surface area contributed by atoms with E-state index in [1.165, 1.54) is 26.4 Å². The van der Waals surface area contributed by atoms with E-state index < -0.39 is 33.4 Å². The molecule has 31 heavy (non-hydrogen) atoms. The van der Waals surface area contributed by atoms with Crippen LogP contribution < -0.4 is 15.2 Å². The normalized spacial score (nSPS) is 14.5. The van der Waals surface area contributed by atoms with Crippen molar-refractivity contribution >= 4 is 27.3 Å². The molecule has 2 amide bonds. The van der Waals surface area contributed by atoms with Crippen LogP contribution in [0.4, 0.5) is 5.69 Å². The lowest BCUT2D eigenvalue weighted by Gasteiger charge is -2.27. The molecule has 2 N–H and O–H groups in total. The quantitative estimate of drug-likeness (QED) is 0.349.